The van der Waals surface area contributed by atoms with Crippen molar-refractivity contribution < 1.29 is 9.84 Å². The van der Waals surface area contributed by atoms with Gasteiger partial charge in [0.1, 0.15) is 17.6 Å². The van der Waals surface area contributed by atoms with Crippen LogP contribution in [0, 0.1) is 11.8 Å². The number of aliphatic hydroxyl groups is 1. The van der Waals surface area contributed by atoms with Gasteiger partial charge in [-0.1, -0.05) is 48.9 Å². The van der Waals surface area contributed by atoms with Gasteiger partial charge in [-0.2, -0.15) is 0 Å². The molecule has 0 saturated heterocycles. The summed E-state index contributed by atoms with van der Waals surface area (Å²) in [5, 5.41) is 10.2. The van der Waals surface area contributed by atoms with Crippen LogP contribution in [-0.4, -0.2) is 11.2 Å². The van der Waals surface area contributed by atoms with Gasteiger partial charge in [0.2, 0.25) is 0 Å². The Labute approximate surface area is 130 Å². The largest absolute Gasteiger partial charge is 0.456 e. The average molecular weight is 301 g/mol. The fourth-order valence-corrected chi connectivity index (χ4v) is 1.95. The smallest absolute Gasteiger partial charge is 0.146 e. The first-order valence-corrected chi connectivity index (χ1v) is 7.29. The SMILES string of the molecule is CCCC(O)C#Cc1ccc(Oc2ccccc2Cl)cc1. The number of para-hydroxylation sites is 1. The summed E-state index contributed by atoms with van der Waals surface area (Å²) in [5.41, 5.74) is 0.844. The maximum Gasteiger partial charge on any atom is 0.146 e. The van der Waals surface area contributed by atoms with Gasteiger partial charge in [-0.3, -0.25) is 0 Å². The summed E-state index contributed by atoms with van der Waals surface area (Å²) >= 11 is 6.04. The summed E-state index contributed by atoms with van der Waals surface area (Å²) in [5.74, 6) is 7.09. The van der Waals surface area contributed by atoms with Gasteiger partial charge < -0.3 is 9.84 Å². The van der Waals surface area contributed by atoms with Gasteiger partial charge in [0, 0.05) is 5.56 Å². The normalized spacial score (nSPS) is 11.4. The number of hydrogen-bond donors (Lipinski definition) is 1. The van der Waals surface area contributed by atoms with E-state index in [1.807, 2.05) is 49.4 Å². The first-order chi connectivity index (χ1) is 10.2. The van der Waals surface area contributed by atoms with Crippen molar-refractivity contribution in [3.63, 3.8) is 0 Å². The molecule has 2 aromatic carbocycles. The molecule has 108 valence electrons. The Balaban J connectivity index is 2.04. The molecule has 2 nitrogen and oxygen atoms in total. The quantitative estimate of drug-likeness (QED) is 0.833. The van der Waals surface area contributed by atoms with Gasteiger partial charge >= 0.3 is 0 Å². The van der Waals surface area contributed by atoms with Crippen molar-refractivity contribution in [1.82, 2.24) is 0 Å². The van der Waals surface area contributed by atoms with Crippen LogP contribution >= 0.6 is 11.6 Å². The number of aliphatic hydroxyl groups excluding tert-OH is 1. The third kappa shape index (κ3) is 4.82. The molecular formula is C18H17ClO2. The molecule has 0 amide bonds. The van der Waals surface area contributed by atoms with E-state index >= 15 is 0 Å². The zero-order valence-corrected chi connectivity index (χ0v) is 12.6. The van der Waals surface area contributed by atoms with Crippen molar-refractivity contribution in [3.8, 4) is 23.3 Å². The second kappa shape index (κ2) is 7.73. The van der Waals surface area contributed by atoms with E-state index in [1.165, 1.54) is 0 Å². The summed E-state index contributed by atoms with van der Waals surface area (Å²) in [4.78, 5) is 0. The fourth-order valence-electron chi connectivity index (χ4n) is 1.77. The van der Waals surface area contributed by atoms with Crippen molar-refractivity contribution >= 4 is 11.6 Å². The second-order valence-electron chi connectivity index (χ2n) is 4.63. The van der Waals surface area contributed by atoms with Crippen LogP contribution in [0.4, 0.5) is 0 Å². The standard InChI is InChI=1S/C18H17ClO2/c1-2-5-15(20)11-8-14-9-12-16(13-10-14)21-18-7-4-3-6-17(18)19/h3-4,6-7,9-10,12-13,15,20H,2,5H2,1H3. The minimum Gasteiger partial charge on any atom is -0.456 e. The molecule has 0 bridgehead atoms. The molecule has 3 heteroatoms. The minimum atomic E-state index is -0.561. The Kier molecular flexibility index (Phi) is 5.68. The van der Waals surface area contributed by atoms with E-state index in [2.05, 4.69) is 11.8 Å². The van der Waals surface area contributed by atoms with Crippen LogP contribution in [0.3, 0.4) is 0 Å². The molecule has 1 N–H and O–H groups in total. The van der Waals surface area contributed by atoms with E-state index in [-0.39, 0.29) is 0 Å². The van der Waals surface area contributed by atoms with Gasteiger partial charge in [0.05, 0.1) is 5.02 Å². The molecule has 2 aromatic rings. The van der Waals surface area contributed by atoms with Crippen LogP contribution in [0.1, 0.15) is 25.3 Å². The molecule has 0 heterocycles. The van der Waals surface area contributed by atoms with Crippen molar-refractivity contribution in [1.29, 1.82) is 0 Å². The molecule has 0 radical (unpaired) electrons. The maximum absolute atomic E-state index is 9.58. The summed E-state index contributed by atoms with van der Waals surface area (Å²) in [6.07, 6.45) is 1.05. The maximum atomic E-state index is 9.58. The predicted molar refractivity (Wildman–Crippen MR) is 85.8 cm³/mol. The van der Waals surface area contributed by atoms with Crippen LogP contribution < -0.4 is 4.74 Å². The van der Waals surface area contributed by atoms with Crippen LogP contribution in [0.25, 0.3) is 0 Å². The second-order valence-corrected chi connectivity index (χ2v) is 5.04. The van der Waals surface area contributed by atoms with E-state index in [0.29, 0.717) is 22.9 Å². The van der Waals surface area contributed by atoms with E-state index < -0.39 is 6.10 Å². The van der Waals surface area contributed by atoms with Crippen LogP contribution in [0.15, 0.2) is 48.5 Å². The number of benzene rings is 2. The third-order valence-corrected chi connectivity index (χ3v) is 3.18. The highest BCUT2D eigenvalue weighted by Crippen LogP contribution is 2.28. The molecular weight excluding hydrogens is 284 g/mol. The summed E-state index contributed by atoms with van der Waals surface area (Å²) < 4.78 is 5.70. The summed E-state index contributed by atoms with van der Waals surface area (Å²) in [6.45, 7) is 2.02. The highest BCUT2D eigenvalue weighted by atomic mass is 35.5. The first kappa shape index (κ1) is 15.4. The zero-order chi connectivity index (χ0) is 15.1. The molecule has 0 aliphatic heterocycles. The number of rotatable bonds is 4. The van der Waals surface area contributed by atoms with Crippen molar-refractivity contribution in [2.24, 2.45) is 0 Å². The topological polar surface area (TPSA) is 29.5 Å². The molecule has 1 atom stereocenters. The summed E-state index contributed by atoms with van der Waals surface area (Å²) in [6, 6.07) is 14.7. The monoisotopic (exact) mass is 300 g/mol. The zero-order valence-electron chi connectivity index (χ0n) is 11.8. The molecule has 21 heavy (non-hydrogen) atoms. The van der Waals surface area contributed by atoms with Gasteiger partial charge in [-0.15, -0.1) is 0 Å². The summed E-state index contributed by atoms with van der Waals surface area (Å²) in [7, 11) is 0. The Morgan fingerprint density at radius 2 is 1.86 bits per heavy atom. The Hall–Kier alpha value is -1.95. The molecule has 0 aliphatic carbocycles. The minimum absolute atomic E-state index is 0.561. The number of hydrogen-bond acceptors (Lipinski definition) is 2. The van der Waals surface area contributed by atoms with E-state index in [9.17, 15) is 5.11 Å². The molecule has 0 saturated carbocycles. The predicted octanol–water partition coefficient (Wildman–Crippen LogP) is 4.64. The lowest BCUT2D eigenvalue weighted by molar-refractivity contribution is 0.221. The number of halogens is 1. The Morgan fingerprint density at radius 1 is 1.14 bits per heavy atom. The Morgan fingerprint density at radius 3 is 2.52 bits per heavy atom. The van der Waals surface area contributed by atoms with Crippen LogP contribution in [-0.2, 0) is 0 Å². The third-order valence-electron chi connectivity index (χ3n) is 2.86. The van der Waals surface area contributed by atoms with Crippen molar-refractivity contribution in [2.45, 2.75) is 25.9 Å². The average Bonchev–Trinajstić information content (AvgIpc) is 2.49. The van der Waals surface area contributed by atoms with Crippen LogP contribution in [0.5, 0.6) is 11.5 Å². The lowest BCUT2D eigenvalue weighted by Crippen LogP contribution is -2.00. The molecule has 2 rings (SSSR count). The molecule has 0 aromatic heterocycles. The molecule has 1 unspecified atom stereocenters. The van der Waals surface area contributed by atoms with E-state index in [4.69, 9.17) is 16.3 Å². The fraction of sp³-hybridized carbons (Fsp3) is 0.222. The van der Waals surface area contributed by atoms with Gasteiger partial charge in [0.15, 0.2) is 0 Å². The first-order valence-electron chi connectivity index (χ1n) is 6.91. The lowest BCUT2D eigenvalue weighted by atomic mass is 10.2. The Bertz CT molecular complexity index is 638. The number of ether oxygens (including phenoxy) is 1. The van der Waals surface area contributed by atoms with Gasteiger partial charge in [-0.25, -0.2) is 0 Å². The highest BCUT2D eigenvalue weighted by molar-refractivity contribution is 6.32. The van der Waals surface area contributed by atoms with E-state index in [1.54, 1.807) is 6.07 Å². The van der Waals surface area contributed by atoms with Crippen LogP contribution in [0.2, 0.25) is 5.02 Å². The highest BCUT2D eigenvalue weighted by Gasteiger charge is 2.01. The van der Waals surface area contributed by atoms with Gasteiger partial charge in [-0.05, 0) is 42.8 Å². The molecule has 0 spiro atoms. The lowest BCUT2D eigenvalue weighted by Gasteiger charge is -2.07. The van der Waals surface area contributed by atoms with Crippen molar-refractivity contribution in [2.75, 3.05) is 0 Å². The molecule has 0 aliphatic rings. The van der Waals surface area contributed by atoms with E-state index in [0.717, 1.165) is 12.0 Å². The molecule has 0 fully saturated rings. The van der Waals surface area contributed by atoms with Crippen molar-refractivity contribution in [3.05, 3.63) is 59.1 Å². The van der Waals surface area contributed by atoms with Gasteiger partial charge in [0.25, 0.3) is 0 Å².